The van der Waals surface area contributed by atoms with Crippen LogP contribution in [0.2, 0.25) is 5.02 Å². The van der Waals surface area contributed by atoms with Gasteiger partial charge in [0, 0.05) is 24.5 Å². The molecule has 0 aliphatic carbocycles. The van der Waals surface area contributed by atoms with Gasteiger partial charge in [-0.2, -0.15) is 0 Å². The van der Waals surface area contributed by atoms with Gasteiger partial charge < -0.3 is 4.90 Å². The Labute approximate surface area is 130 Å². The summed E-state index contributed by atoms with van der Waals surface area (Å²) in [5.41, 5.74) is 3.77. The van der Waals surface area contributed by atoms with Crippen molar-refractivity contribution in [2.75, 3.05) is 6.54 Å². The number of aryl methyl sites for hydroxylation is 1. The van der Waals surface area contributed by atoms with Crippen LogP contribution < -0.4 is 0 Å². The summed E-state index contributed by atoms with van der Waals surface area (Å²) in [5.74, 6) is 0.226. The summed E-state index contributed by atoms with van der Waals surface area (Å²) in [4.78, 5) is 14.3. The van der Waals surface area contributed by atoms with Crippen molar-refractivity contribution < 1.29 is 4.79 Å². The second kappa shape index (κ2) is 6.31. The molecular formula is C18H18ClNO. The summed E-state index contributed by atoms with van der Waals surface area (Å²) >= 11 is 5.97. The number of hydrogen-bond donors (Lipinski definition) is 0. The fourth-order valence-corrected chi connectivity index (χ4v) is 3.02. The van der Waals surface area contributed by atoms with Crippen LogP contribution in [0.1, 0.15) is 23.1 Å². The van der Waals surface area contributed by atoms with Crippen molar-refractivity contribution in [1.82, 2.24) is 4.90 Å². The topological polar surface area (TPSA) is 20.3 Å². The molecule has 1 aliphatic rings. The first kappa shape index (κ1) is 14.2. The summed E-state index contributed by atoms with van der Waals surface area (Å²) in [6, 6.07) is 16.1. The van der Waals surface area contributed by atoms with Gasteiger partial charge >= 0.3 is 0 Å². The first-order valence-electron chi connectivity index (χ1n) is 7.31. The Morgan fingerprint density at radius 3 is 2.71 bits per heavy atom. The van der Waals surface area contributed by atoms with Crippen molar-refractivity contribution in [1.29, 1.82) is 0 Å². The molecule has 2 aromatic carbocycles. The fourth-order valence-electron chi connectivity index (χ4n) is 2.81. The minimum Gasteiger partial charge on any atom is -0.338 e. The highest BCUT2D eigenvalue weighted by molar-refractivity contribution is 6.30. The minimum atomic E-state index is 0.226. The van der Waals surface area contributed by atoms with Gasteiger partial charge in [-0.1, -0.05) is 48.0 Å². The molecule has 0 saturated carbocycles. The number of benzene rings is 2. The molecule has 1 heterocycles. The predicted octanol–water partition coefficient (Wildman–Crippen LogP) is 3.86. The fraction of sp³-hybridized carbons (Fsp3) is 0.278. The molecule has 108 valence electrons. The highest BCUT2D eigenvalue weighted by atomic mass is 35.5. The second-order valence-electron chi connectivity index (χ2n) is 5.46. The number of nitrogens with zero attached hydrogens (tertiary/aromatic N) is 1. The molecule has 0 unspecified atom stereocenters. The van der Waals surface area contributed by atoms with Gasteiger partial charge in [-0.25, -0.2) is 0 Å². The molecule has 0 atom stereocenters. The van der Waals surface area contributed by atoms with Gasteiger partial charge in [-0.05, 0) is 41.7 Å². The van der Waals surface area contributed by atoms with E-state index in [-0.39, 0.29) is 5.91 Å². The first-order valence-corrected chi connectivity index (χ1v) is 7.69. The van der Waals surface area contributed by atoms with Crippen LogP contribution >= 0.6 is 11.6 Å². The molecule has 2 nitrogen and oxygen atoms in total. The average Bonchev–Trinajstić information content (AvgIpc) is 2.52. The van der Waals surface area contributed by atoms with Gasteiger partial charge in [0.15, 0.2) is 0 Å². The van der Waals surface area contributed by atoms with Crippen molar-refractivity contribution in [3.63, 3.8) is 0 Å². The molecular weight excluding hydrogens is 282 g/mol. The Balaban J connectivity index is 1.59. The van der Waals surface area contributed by atoms with Gasteiger partial charge in [0.2, 0.25) is 5.91 Å². The first-order chi connectivity index (χ1) is 10.2. The van der Waals surface area contributed by atoms with Crippen LogP contribution in [0.4, 0.5) is 0 Å². The number of rotatable bonds is 3. The van der Waals surface area contributed by atoms with E-state index in [9.17, 15) is 4.79 Å². The van der Waals surface area contributed by atoms with E-state index in [0.717, 1.165) is 36.5 Å². The molecule has 3 rings (SSSR count). The molecule has 0 N–H and O–H groups in total. The SMILES string of the molecule is O=C(CCc1cccc(Cl)c1)N1CCc2ccccc2C1. The quantitative estimate of drug-likeness (QED) is 0.843. The van der Waals surface area contributed by atoms with Crippen LogP contribution in [0, 0.1) is 0 Å². The van der Waals surface area contributed by atoms with Crippen molar-refractivity contribution >= 4 is 17.5 Å². The summed E-state index contributed by atoms with van der Waals surface area (Å²) in [6.07, 6.45) is 2.25. The van der Waals surface area contributed by atoms with E-state index in [1.54, 1.807) is 0 Å². The zero-order valence-corrected chi connectivity index (χ0v) is 12.6. The Morgan fingerprint density at radius 2 is 1.90 bits per heavy atom. The molecule has 21 heavy (non-hydrogen) atoms. The Kier molecular flexibility index (Phi) is 4.26. The highest BCUT2D eigenvalue weighted by Crippen LogP contribution is 2.20. The number of carbonyl (C=O) groups is 1. The molecule has 2 aromatic rings. The lowest BCUT2D eigenvalue weighted by Gasteiger charge is -2.29. The lowest BCUT2D eigenvalue weighted by Crippen LogP contribution is -2.36. The average molecular weight is 300 g/mol. The van der Waals surface area contributed by atoms with E-state index in [1.807, 2.05) is 35.2 Å². The summed E-state index contributed by atoms with van der Waals surface area (Å²) in [7, 11) is 0. The number of amides is 1. The predicted molar refractivity (Wildman–Crippen MR) is 85.3 cm³/mol. The lowest BCUT2D eigenvalue weighted by molar-refractivity contribution is -0.132. The molecule has 1 aliphatic heterocycles. The Morgan fingerprint density at radius 1 is 1.10 bits per heavy atom. The maximum absolute atomic E-state index is 12.4. The van der Waals surface area contributed by atoms with Gasteiger partial charge in [0.25, 0.3) is 0 Å². The van der Waals surface area contributed by atoms with Crippen LogP contribution in [-0.4, -0.2) is 17.4 Å². The van der Waals surface area contributed by atoms with E-state index in [2.05, 4.69) is 18.2 Å². The molecule has 0 spiro atoms. The number of hydrogen-bond acceptors (Lipinski definition) is 1. The monoisotopic (exact) mass is 299 g/mol. The molecule has 1 amide bonds. The van der Waals surface area contributed by atoms with Crippen LogP contribution in [-0.2, 0) is 24.2 Å². The Bertz CT molecular complexity index is 653. The lowest BCUT2D eigenvalue weighted by atomic mass is 9.99. The largest absolute Gasteiger partial charge is 0.338 e. The third-order valence-electron chi connectivity index (χ3n) is 4.00. The third kappa shape index (κ3) is 3.45. The third-order valence-corrected chi connectivity index (χ3v) is 4.24. The van der Waals surface area contributed by atoms with Gasteiger partial charge in [-0.15, -0.1) is 0 Å². The maximum atomic E-state index is 12.4. The van der Waals surface area contributed by atoms with E-state index < -0.39 is 0 Å². The van der Waals surface area contributed by atoms with E-state index in [1.165, 1.54) is 11.1 Å². The molecule has 3 heteroatoms. The summed E-state index contributed by atoms with van der Waals surface area (Å²) in [6.45, 7) is 1.57. The zero-order valence-electron chi connectivity index (χ0n) is 11.9. The van der Waals surface area contributed by atoms with Crippen LogP contribution in [0.25, 0.3) is 0 Å². The van der Waals surface area contributed by atoms with E-state index in [0.29, 0.717) is 6.42 Å². The van der Waals surface area contributed by atoms with Crippen molar-refractivity contribution in [2.24, 2.45) is 0 Å². The highest BCUT2D eigenvalue weighted by Gasteiger charge is 2.19. The number of halogens is 1. The van der Waals surface area contributed by atoms with Crippen LogP contribution in [0.3, 0.4) is 0 Å². The van der Waals surface area contributed by atoms with Crippen molar-refractivity contribution in [3.8, 4) is 0 Å². The van der Waals surface area contributed by atoms with Gasteiger partial charge in [-0.3, -0.25) is 4.79 Å². The maximum Gasteiger partial charge on any atom is 0.223 e. The van der Waals surface area contributed by atoms with Crippen molar-refractivity contribution in [2.45, 2.75) is 25.8 Å². The molecule has 0 saturated heterocycles. The zero-order chi connectivity index (χ0) is 14.7. The molecule has 0 aromatic heterocycles. The summed E-state index contributed by atoms with van der Waals surface area (Å²) < 4.78 is 0. The Hall–Kier alpha value is -1.80. The van der Waals surface area contributed by atoms with E-state index in [4.69, 9.17) is 11.6 Å². The second-order valence-corrected chi connectivity index (χ2v) is 5.90. The molecule has 0 radical (unpaired) electrons. The number of fused-ring (bicyclic) bond motifs is 1. The van der Waals surface area contributed by atoms with Gasteiger partial charge in [0.1, 0.15) is 0 Å². The normalized spacial score (nSPS) is 13.9. The number of carbonyl (C=O) groups excluding carboxylic acids is 1. The van der Waals surface area contributed by atoms with Gasteiger partial charge in [0.05, 0.1) is 0 Å². The molecule has 0 fully saturated rings. The van der Waals surface area contributed by atoms with Crippen LogP contribution in [0.15, 0.2) is 48.5 Å². The standard InChI is InChI=1S/C18H18ClNO/c19-17-7-3-4-14(12-17)8-9-18(21)20-11-10-15-5-1-2-6-16(15)13-20/h1-7,12H,8-11,13H2. The van der Waals surface area contributed by atoms with Crippen molar-refractivity contribution in [3.05, 3.63) is 70.2 Å². The molecule has 0 bridgehead atoms. The van der Waals surface area contributed by atoms with E-state index >= 15 is 0 Å². The minimum absolute atomic E-state index is 0.226. The summed E-state index contributed by atoms with van der Waals surface area (Å²) in [5, 5.41) is 0.729. The smallest absolute Gasteiger partial charge is 0.223 e. The van der Waals surface area contributed by atoms with Crippen LogP contribution in [0.5, 0.6) is 0 Å².